The molecule has 0 aliphatic carbocycles. The average molecular weight is 248 g/mol. The van der Waals surface area contributed by atoms with Crippen molar-refractivity contribution in [2.45, 2.75) is 32.4 Å². The van der Waals surface area contributed by atoms with E-state index in [1.165, 1.54) is 0 Å². The maximum Gasteiger partial charge on any atom is 0.249 e. The van der Waals surface area contributed by atoms with Gasteiger partial charge in [-0.2, -0.15) is 5.10 Å². The van der Waals surface area contributed by atoms with Gasteiger partial charge in [0.25, 0.3) is 0 Å². The lowest BCUT2D eigenvalue weighted by Gasteiger charge is -2.02. The first kappa shape index (κ1) is 14.2. The minimum atomic E-state index is -0.763. The minimum absolute atomic E-state index is 0.368. The van der Waals surface area contributed by atoms with E-state index in [2.05, 4.69) is 28.6 Å². The lowest BCUT2D eigenvalue weighted by atomic mass is 10.2. The van der Waals surface area contributed by atoms with E-state index in [1.807, 2.05) is 0 Å². The van der Waals surface area contributed by atoms with Gasteiger partial charge in [-0.1, -0.05) is 24.5 Å². The summed E-state index contributed by atoms with van der Waals surface area (Å²) in [6.45, 7) is 5.49. The first-order valence-electron chi connectivity index (χ1n) is 5.92. The summed E-state index contributed by atoms with van der Waals surface area (Å²) in [5.74, 6) is 6.35. The fourth-order valence-electron chi connectivity index (χ4n) is 1.29. The van der Waals surface area contributed by atoms with Crippen LogP contribution in [-0.2, 0) is 0 Å². The Kier molecular flexibility index (Phi) is 6.49. The van der Waals surface area contributed by atoms with Crippen LogP contribution in [0.1, 0.15) is 31.7 Å². The highest BCUT2D eigenvalue weighted by Crippen LogP contribution is 2.11. The van der Waals surface area contributed by atoms with Crippen LogP contribution in [0.15, 0.2) is 24.9 Å². The second-order valence-corrected chi connectivity index (χ2v) is 3.82. The fourth-order valence-corrected chi connectivity index (χ4v) is 1.29. The van der Waals surface area contributed by atoms with E-state index < -0.39 is 6.17 Å². The molecule has 0 N–H and O–H groups in total. The zero-order valence-corrected chi connectivity index (χ0v) is 10.5. The Morgan fingerprint density at radius 2 is 2.44 bits per heavy atom. The number of halogens is 1. The standard InChI is InChI=1S/C14H17FN2O/c1-3-11-18-14-13(9-10-16-17-14)8-6-4-5-7-12(2)15/h3,9-10,12H,1,4-5,7,11H2,2H3. The minimum Gasteiger partial charge on any atom is -0.471 e. The molecule has 1 atom stereocenters. The van der Waals surface area contributed by atoms with Gasteiger partial charge in [-0.05, 0) is 25.8 Å². The number of hydrogen-bond donors (Lipinski definition) is 0. The van der Waals surface area contributed by atoms with Gasteiger partial charge >= 0.3 is 0 Å². The van der Waals surface area contributed by atoms with Crippen molar-refractivity contribution in [2.75, 3.05) is 6.61 Å². The smallest absolute Gasteiger partial charge is 0.249 e. The molecule has 0 saturated carbocycles. The Balaban J connectivity index is 2.55. The molecule has 18 heavy (non-hydrogen) atoms. The topological polar surface area (TPSA) is 35.0 Å². The van der Waals surface area contributed by atoms with Crippen LogP contribution in [0.25, 0.3) is 0 Å². The second-order valence-electron chi connectivity index (χ2n) is 3.82. The van der Waals surface area contributed by atoms with E-state index in [9.17, 15) is 4.39 Å². The van der Waals surface area contributed by atoms with Crippen molar-refractivity contribution in [3.05, 3.63) is 30.5 Å². The number of alkyl halides is 1. The second kappa shape index (κ2) is 8.24. The van der Waals surface area contributed by atoms with Crippen LogP contribution >= 0.6 is 0 Å². The summed E-state index contributed by atoms with van der Waals surface area (Å²) < 4.78 is 17.9. The van der Waals surface area contributed by atoms with Gasteiger partial charge in [0.2, 0.25) is 5.88 Å². The number of hydrogen-bond acceptors (Lipinski definition) is 3. The van der Waals surface area contributed by atoms with Crippen molar-refractivity contribution >= 4 is 0 Å². The van der Waals surface area contributed by atoms with Crippen LogP contribution in [0.2, 0.25) is 0 Å². The number of rotatable bonds is 6. The van der Waals surface area contributed by atoms with Crippen LogP contribution in [-0.4, -0.2) is 23.0 Å². The first-order valence-corrected chi connectivity index (χ1v) is 5.92. The Bertz CT molecular complexity index is 435. The summed E-state index contributed by atoms with van der Waals surface area (Å²) in [5, 5.41) is 7.60. The number of ether oxygens (including phenoxy) is 1. The third-order valence-electron chi connectivity index (χ3n) is 2.15. The Hall–Kier alpha value is -1.89. The molecule has 0 amide bonds. The van der Waals surface area contributed by atoms with Crippen molar-refractivity contribution in [1.29, 1.82) is 0 Å². The molecule has 1 aromatic heterocycles. The Labute approximate surface area is 107 Å². The molecule has 0 bridgehead atoms. The summed E-state index contributed by atoms with van der Waals surface area (Å²) >= 11 is 0. The van der Waals surface area contributed by atoms with Gasteiger partial charge in [0.1, 0.15) is 6.61 Å². The molecule has 1 heterocycles. The van der Waals surface area contributed by atoms with Crippen molar-refractivity contribution in [3.8, 4) is 17.7 Å². The number of nitrogens with zero attached hydrogens (tertiary/aromatic N) is 2. The fraction of sp³-hybridized carbons (Fsp3) is 0.429. The molecular weight excluding hydrogens is 231 g/mol. The largest absolute Gasteiger partial charge is 0.471 e. The molecule has 1 rings (SSSR count). The van der Waals surface area contributed by atoms with Gasteiger partial charge in [-0.3, -0.25) is 0 Å². The summed E-state index contributed by atoms with van der Waals surface area (Å²) in [7, 11) is 0. The molecule has 0 aliphatic heterocycles. The molecule has 0 aliphatic rings. The van der Waals surface area contributed by atoms with Crippen molar-refractivity contribution in [1.82, 2.24) is 10.2 Å². The molecule has 96 valence electrons. The Morgan fingerprint density at radius 3 is 3.17 bits per heavy atom. The van der Waals surface area contributed by atoms with Crippen molar-refractivity contribution in [2.24, 2.45) is 0 Å². The van der Waals surface area contributed by atoms with Gasteiger partial charge in [0, 0.05) is 6.42 Å². The zero-order chi connectivity index (χ0) is 13.2. The molecule has 0 aromatic carbocycles. The molecule has 4 heteroatoms. The molecule has 0 spiro atoms. The van der Waals surface area contributed by atoms with E-state index in [1.54, 1.807) is 25.3 Å². The third-order valence-corrected chi connectivity index (χ3v) is 2.15. The highest BCUT2D eigenvalue weighted by atomic mass is 19.1. The maximum absolute atomic E-state index is 12.6. The lowest BCUT2D eigenvalue weighted by molar-refractivity contribution is 0.335. The molecular formula is C14H17FN2O. The van der Waals surface area contributed by atoms with Crippen LogP contribution in [0.5, 0.6) is 5.88 Å². The van der Waals surface area contributed by atoms with Gasteiger partial charge in [0.05, 0.1) is 17.9 Å². The van der Waals surface area contributed by atoms with Crippen molar-refractivity contribution < 1.29 is 9.13 Å². The molecule has 0 fully saturated rings. The van der Waals surface area contributed by atoms with Gasteiger partial charge in [-0.25, -0.2) is 4.39 Å². The normalized spacial score (nSPS) is 11.2. The lowest BCUT2D eigenvalue weighted by Crippen LogP contribution is -1.99. The quantitative estimate of drug-likeness (QED) is 0.441. The van der Waals surface area contributed by atoms with Gasteiger partial charge < -0.3 is 4.74 Å². The average Bonchev–Trinajstić information content (AvgIpc) is 2.36. The van der Waals surface area contributed by atoms with Crippen LogP contribution in [0.3, 0.4) is 0 Å². The Morgan fingerprint density at radius 1 is 1.61 bits per heavy atom. The van der Waals surface area contributed by atoms with E-state index in [4.69, 9.17) is 4.74 Å². The monoisotopic (exact) mass is 248 g/mol. The third kappa shape index (κ3) is 5.44. The van der Waals surface area contributed by atoms with E-state index in [0.29, 0.717) is 30.9 Å². The molecule has 1 unspecified atom stereocenters. The first-order chi connectivity index (χ1) is 8.74. The van der Waals surface area contributed by atoms with E-state index in [-0.39, 0.29) is 0 Å². The number of unbranched alkanes of at least 4 members (excludes halogenated alkanes) is 1. The van der Waals surface area contributed by atoms with Crippen LogP contribution in [0.4, 0.5) is 4.39 Å². The van der Waals surface area contributed by atoms with E-state index >= 15 is 0 Å². The SMILES string of the molecule is C=CCOc1nnccc1C#CCCCC(C)F. The van der Waals surface area contributed by atoms with Crippen LogP contribution in [0, 0.1) is 11.8 Å². The highest BCUT2D eigenvalue weighted by Gasteiger charge is 2.01. The van der Waals surface area contributed by atoms with E-state index in [0.717, 1.165) is 6.42 Å². The summed E-state index contributed by atoms with van der Waals surface area (Å²) in [6.07, 6.45) is 4.40. The van der Waals surface area contributed by atoms with Gasteiger partial charge in [-0.15, -0.1) is 5.10 Å². The predicted molar refractivity (Wildman–Crippen MR) is 69.0 cm³/mol. The zero-order valence-electron chi connectivity index (χ0n) is 10.5. The highest BCUT2D eigenvalue weighted by molar-refractivity contribution is 5.40. The summed E-state index contributed by atoms with van der Waals surface area (Å²) in [6, 6.07) is 1.75. The molecule has 0 saturated heterocycles. The summed E-state index contributed by atoms with van der Waals surface area (Å²) in [5.41, 5.74) is 0.695. The summed E-state index contributed by atoms with van der Waals surface area (Å²) in [4.78, 5) is 0. The maximum atomic E-state index is 12.6. The van der Waals surface area contributed by atoms with Crippen LogP contribution < -0.4 is 4.74 Å². The van der Waals surface area contributed by atoms with Gasteiger partial charge in [0.15, 0.2) is 0 Å². The molecule has 0 radical (unpaired) electrons. The molecule has 1 aromatic rings. The predicted octanol–water partition coefficient (Wildman–Crippen LogP) is 2.92. The molecule has 3 nitrogen and oxygen atoms in total. The van der Waals surface area contributed by atoms with Crippen molar-refractivity contribution in [3.63, 3.8) is 0 Å². The number of aromatic nitrogens is 2.